The number of hydrogen-bond acceptors (Lipinski definition) is 18. The number of aromatic amines is 2. The second kappa shape index (κ2) is 20.3. The van der Waals surface area contributed by atoms with Crippen LogP contribution in [0.1, 0.15) is 50.3 Å². The van der Waals surface area contributed by atoms with Crippen LogP contribution in [0, 0.1) is 64.6 Å². The lowest BCUT2D eigenvalue weighted by atomic mass is 9.96. The van der Waals surface area contributed by atoms with Gasteiger partial charge in [-0.2, -0.15) is 20.7 Å². The predicted octanol–water partition coefficient (Wildman–Crippen LogP) is 6.65. The number of aryl methyl sites for hydroxylation is 1. The molecule has 3 saturated carbocycles. The number of carbonyl (C=O) groups excluding carboxylic acids is 3. The van der Waals surface area contributed by atoms with Gasteiger partial charge in [-0.05, 0) is 96.3 Å². The Labute approximate surface area is 445 Å². The maximum atomic E-state index is 12.5. The molecule has 3 amide bonds. The molecule has 1 aliphatic heterocycles. The van der Waals surface area contributed by atoms with Gasteiger partial charge in [-0.1, -0.05) is 13.8 Å². The first kappa shape index (κ1) is 50.2. The second-order valence-electron chi connectivity index (χ2n) is 20.4. The zero-order valence-electron chi connectivity index (χ0n) is 42.5. The summed E-state index contributed by atoms with van der Waals surface area (Å²) in [5.41, 5.74) is 25.4. The Morgan fingerprint density at radius 2 is 1.18 bits per heavy atom. The number of rotatable bonds is 10. The van der Waals surface area contributed by atoms with E-state index in [0.717, 1.165) is 74.7 Å². The second-order valence-corrected chi connectivity index (χ2v) is 20.4. The van der Waals surface area contributed by atoms with Crippen LogP contribution in [0.15, 0.2) is 92.0 Å². The summed E-state index contributed by atoms with van der Waals surface area (Å²) in [5, 5.41) is 47.9. The van der Waals surface area contributed by atoms with Gasteiger partial charge in [0, 0.05) is 100 Å². The summed E-state index contributed by atoms with van der Waals surface area (Å²) in [6.45, 7) is 8.04. The first-order valence-corrected chi connectivity index (χ1v) is 25.2. The Morgan fingerprint density at radius 1 is 0.667 bits per heavy atom. The van der Waals surface area contributed by atoms with Gasteiger partial charge < -0.3 is 38.5 Å². The minimum atomic E-state index is -0.245. The van der Waals surface area contributed by atoms with Crippen molar-refractivity contribution in [2.45, 2.75) is 46.0 Å². The molecule has 10 heterocycles. The molecule has 1 spiro atoms. The highest BCUT2D eigenvalue weighted by molar-refractivity contribution is 6.01. The summed E-state index contributed by atoms with van der Waals surface area (Å²) in [5.74, 6) is 1.76. The van der Waals surface area contributed by atoms with E-state index in [4.69, 9.17) is 27.7 Å². The highest BCUT2D eigenvalue weighted by Crippen LogP contribution is 2.55. The van der Waals surface area contributed by atoms with E-state index in [9.17, 15) is 14.4 Å². The molecule has 0 radical (unpaired) electrons. The van der Waals surface area contributed by atoms with Gasteiger partial charge in [0.15, 0.2) is 0 Å². The Balaban J connectivity index is 0.000000124. The molecule has 78 heavy (non-hydrogen) atoms. The molecule has 13 rings (SSSR count). The van der Waals surface area contributed by atoms with Gasteiger partial charge in [0.05, 0.1) is 65.3 Å². The third kappa shape index (κ3) is 10.1. The molecular formula is C55H52N20O3. The number of fused-ring (bicyclic) bond motifs is 3. The lowest BCUT2D eigenvalue weighted by Crippen LogP contribution is -2.46. The molecular weight excluding hydrogens is 989 g/mol. The topological polar surface area (TPSA) is 373 Å². The monoisotopic (exact) mass is 1040 g/mol. The fourth-order valence-electron chi connectivity index (χ4n) is 9.68. The number of hydrogen-bond donors (Lipinski definition) is 9. The van der Waals surface area contributed by atoms with Gasteiger partial charge in [0.1, 0.15) is 34.9 Å². The lowest BCUT2D eigenvalue weighted by Gasteiger charge is -2.28. The van der Waals surface area contributed by atoms with Gasteiger partial charge in [-0.15, -0.1) is 0 Å². The Hall–Kier alpha value is -10.0. The molecule has 5 atom stereocenters. The number of carbonyl (C=O) groups is 3. The van der Waals surface area contributed by atoms with Gasteiger partial charge in [-0.25, -0.2) is 29.9 Å². The average molecular weight is 1040 g/mol. The third-order valence-corrected chi connectivity index (χ3v) is 14.7. The molecule has 9 aromatic heterocycles. The fraction of sp³-hybridized carbons (Fsp3) is 0.273. The van der Waals surface area contributed by atoms with Crippen molar-refractivity contribution < 1.29 is 14.4 Å². The van der Waals surface area contributed by atoms with Crippen molar-refractivity contribution >= 4 is 84.9 Å². The Kier molecular flexibility index (Phi) is 13.0. The molecule has 23 heteroatoms. The van der Waals surface area contributed by atoms with E-state index in [1.54, 1.807) is 61.7 Å². The van der Waals surface area contributed by atoms with E-state index in [1.807, 2.05) is 37.3 Å². The van der Waals surface area contributed by atoms with Crippen molar-refractivity contribution in [2.75, 3.05) is 46.2 Å². The normalized spacial score (nSPS) is 19.0. The van der Waals surface area contributed by atoms with Crippen LogP contribution in [0.2, 0.25) is 0 Å². The first-order valence-electron chi connectivity index (χ1n) is 25.2. The van der Waals surface area contributed by atoms with Crippen molar-refractivity contribution in [3.8, 4) is 45.9 Å². The van der Waals surface area contributed by atoms with E-state index in [-0.39, 0.29) is 58.6 Å². The number of nitrogens with one attached hydrogen (secondary N) is 6. The van der Waals surface area contributed by atoms with Crippen LogP contribution in [-0.4, -0.2) is 86.1 Å². The summed E-state index contributed by atoms with van der Waals surface area (Å²) in [6, 6.07) is 17.3. The molecule has 12 N–H and O–H groups in total. The number of nitrogens with zero attached hydrogens (tertiary/aromatic N) is 11. The number of anilines is 6. The van der Waals surface area contributed by atoms with Gasteiger partial charge >= 0.3 is 0 Å². The van der Waals surface area contributed by atoms with Crippen LogP contribution in [0.4, 0.5) is 34.9 Å². The molecule has 3 aliphatic carbocycles. The van der Waals surface area contributed by atoms with Crippen molar-refractivity contribution in [2.24, 2.45) is 35.0 Å². The van der Waals surface area contributed by atoms with Crippen molar-refractivity contribution in [1.29, 1.82) is 10.5 Å². The van der Waals surface area contributed by atoms with E-state index >= 15 is 0 Å². The van der Waals surface area contributed by atoms with E-state index in [0.29, 0.717) is 69.9 Å². The molecule has 0 bridgehead atoms. The van der Waals surface area contributed by atoms with Crippen LogP contribution in [0.5, 0.6) is 0 Å². The highest BCUT2D eigenvalue weighted by Gasteiger charge is 2.61. The Bertz CT molecular complexity index is 3930. The van der Waals surface area contributed by atoms with Crippen LogP contribution >= 0.6 is 0 Å². The smallest absolute Gasteiger partial charge is 0.230 e. The molecule has 9 aromatic rings. The third-order valence-electron chi connectivity index (χ3n) is 14.7. The number of nitrogens with two attached hydrogens (primary N) is 3. The van der Waals surface area contributed by atoms with Crippen LogP contribution < -0.4 is 38.5 Å². The molecule has 23 nitrogen and oxygen atoms in total. The number of aromatic nitrogens is 11. The van der Waals surface area contributed by atoms with Crippen molar-refractivity contribution in [3.63, 3.8) is 0 Å². The first-order chi connectivity index (χ1) is 37.7. The molecule has 390 valence electrons. The fourth-order valence-corrected chi connectivity index (χ4v) is 9.68. The lowest BCUT2D eigenvalue weighted by molar-refractivity contribution is -0.119. The van der Waals surface area contributed by atoms with Gasteiger partial charge in [0.2, 0.25) is 17.7 Å². The van der Waals surface area contributed by atoms with E-state index < -0.39 is 0 Å². The molecule has 4 fully saturated rings. The van der Waals surface area contributed by atoms with Crippen LogP contribution in [0.3, 0.4) is 0 Å². The van der Waals surface area contributed by atoms with Crippen molar-refractivity contribution in [1.82, 2.24) is 60.6 Å². The quantitative estimate of drug-likeness (QED) is 0.0691. The van der Waals surface area contributed by atoms with Crippen LogP contribution in [-0.2, 0) is 14.4 Å². The predicted molar refractivity (Wildman–Crippen MR) is 293 cm³/mol. The molecule has 1 saturated heterocycles. The Morgan fingerprint density at radius 3 is 1.63 bits per heavy atom. The summed E-state index contributed by atoms with van der Waals surface area (Å²) < 4.78 is 0. The highest BCUT2D eigenvalue weighted by atomic mass is 16.2. The largest absolute Gasteiger partial charge is 0.383 e. The molecule has 0 aromatic carbocycles. The zero-order chi connectivity index (χ0) is 54.4. The number of nitrogen functional groups attached to an aromatic ring is 3. The van der Waals surface area contributed by atoms with Gasteiger partial charge in [0.25, 0.3) is 0 Å². The SMILES string of the molecule is CC(C)c1[nH]ncc1-c1cc2cc(NC(=O)[C@@H]3C[C@H]3C#N)ncc2c(N)n1.Cc1ccncc1-c1cc2cc(NC(=O)C3CC34CNC4)ncc2c(N)n1.N#C[C@@H]1C[C@H]1C(=O)Nc1cc2cc(-c3cn[nH]c3)nc(N)c2cn1. The number of amides is 3. The summed E-state index contributed by atoms with van der Waals surface area (Å²) >= 11 is 0. The standard InChI is InChI=1S/C20H20N6O.C19H19N7O.C16H13N7O/c1-11-2-3-22-7-13(11)16-4-12-5-17(24-8-14(12)18(21)25-16)26-19(27)15-6-20(15)9-23-10-20;1-9(2)17-14(8-23-26-17)15-4-10-5-16(22-7-13(10)18(21)24-15)25-19(27)12-3-11(12)6-20;17-4-9-1-11(9)16(24)23-14-3-8-2-13(10-5-20-21-6-10)22-15(18)12(8)7-19-14/h2-5,7-8,15,23H,6,9-10H2,1H3,(H2,21,25)(H,24,26,27);4-5,7-9,11-12H,3H2,1-2H3,(H2,21,24)(H,23,26)(H,22,25,27);2-3,5-7,9,11H,1H2,(H2,18,22)(H,20,21)(H,19,23,24)/t;11-,12+;9-,11+/m.00/s1. The van der Waals surface area contributed by atoms with Crippen molar-refractivity contribution in [3.05, 3.63) is 103 Å². The van der Waals surface area contributed by atoms with Crippen LogP contribution in [0.25, 0.3) is 66.1 Å². The maximum absolute atomic E-state index is 12.5. The van der Waals surface area contributed by atoms with E-state index in [2.05, 4.69) is 103 Å². The summed E-state index contributed by atoms with van der Waals surface area (Å²) in [4.78, 5) is 67.1. The zero-order valence-corrected chi connectivity index (χ0v) is 42.5. The summed E-state index contributed by atoms with van der Waals surface area (Å²) in [6.07, 6.45) is 15.7. The number of H-pyrrole nitrogens is 2. The average Bonchev–Trinajstić information content (AvgIpc) is 4.52. The number of nitriles is 2. The molecule has 1 unspecified atom stereocenters. The maximum Gasteiger partial charge on any atom is 0.230 e. The number of pyridine rings is 7. The molecule has 4 aliphatic rings. The minimum Gasteiger partial charge on any atom is -0.383 e. The minimum absolute atomic E-state index is 0.0497. The summed E-state index contributed by atoms with van der Waals surface area (Å²) in [7, 11) is 0. The van der Waals surface area contributed by atoms with Gasteiger partial charge in [-0.3, -0.25) is 29.6 Å². The van der Waals surface area contributed by atoms with E-state index in [1.165, 1.54) is 0 Å².